The first-order chi connectivity index (χ1) is 25.4. The Kier molecular flexibility index (Phi) is 12.2. The Morgan fingerprint density at radius 3 is 2.60 bits per heavy atom. The molecule has 0 saturated carbocycles. The summed E-state index contributed by atoms with van der Waals surface area (Å²) in [6.45, 7) is 4.23. The monoisotopic (exact) mass is 725 g/mol. The number of aromatic nitrogens is 3. The van der Waals surface area contributed by atoms with Crippen molar-refractivity contribution in [3.63, 3.8) is 0 Å². The number of benzene rings is 2. The average molecular weight is 726 g/mol. The molecule has 2 aromatic heterocycles. The number of pyridine rings is 1. The van der Waals surface area contributed by atoms with Crippen molar-refractivity contribution < 1.29 is 23.9 Å². The van der Waals surface area contributed by atoms with Gasteiger partial charge in [0.1, 0.15) is 24.0 Å². The van der Waals surface area contributed by atoms with Crippen LogP contribution in [0.1, 0.15) is 58.2 Å². The molecule has 0 fully saturated rings. The van der Waals surface area contributed by atoms with Crippen LogP contribution in [-0.2, 0) is 22.6 Å². The number of hydrogen-bond donors (Lipinski definition) is 7. The average Bonchev–Trinajstić information content (AvgIpc) is 3.12. The number of nitrogen functional groups attached to an aromatic ring is 1. The van der Waals surface area contributed by atoms with Crippen molar-refractivity contribution in [1.29, 1.82) is 0 Å². The molecular formula is C36H43N11O6. The maximum atomic E-state index is 13.7. The molecule has 0 spiro atoms. The maximum absolute atomic E-state index is 13.7. The molecule has 0 saturated heterocycles. The van der Waals surface area contributed by atoms with Crippen molar-refractivity contribution in [3.8, 4) is 5.75 Å². The van der Waals surface area contributed by atoms with Crippen molar-refractivity contribution >= 4 is 52.1 Å². The summed E-state index contributed by atoms with van der Waals surface area (Å²) in [6.07, 6.45) is 3.84. The van der Waals surface area contributed by atoms with E-state index in [2.05, 4.69) is 36.2 Å². The molecule has 5 rings (SSSR count). The minimum Gasteiger partial charge on any atom is -0.491 e. The zero-order valence-electron chi connectivity index (χ0n) is 29.5. The lowest BCUT2D eigenvalue weighted by Crippen LogP contribution is -2.52. The van der Waals surface area contributed by atoms with Crippen LogP contribution in [0.25, 0.3) is 11.2 Å². The van der Waals surface area contributed by atoms with Crippen molar-refractivity contribution in [2.75, 3.05) is 30.7 Å². The summed E-state index contributed by atoms with van der Waals surface area (Å²) in [4.78, 5) is 79.6. The second kappa shape index (κ2) is 17.1. The zero-order valence-corrected chi connectivity index (χ0v) is 29.5. The van der Waals surface area contributed by atoms with E-state index in [0.29, 0.717) is 43.0 Å². The normalized spacial score (nSPS) is 16.6. The molecule has 0 bridgehead atoms. The highest BCUT2D eigenvalue weighted by Crippen LogP contribution is 2.24. The molecule has 0 aliphatic carbocycles. The van der Waals surface area contributed by atoms with Gasteiger partial charge in [-0.3, -0.25) is 29.0 Å². The highest BCUT2D eigenvalue weighted by molar-refractivity contribution is 6.06. The lowest BCUT2D eigenvalue weighted by atomic mass is 10.0. The van der Waals surface area contributed by atoms with Crippen LogP contribution in [0.3, 0.4) is 0 Å². The number of nitrogens with zero attached hydrogens (tertiary/aromatic N) is 4. The molecule has 10 N–H and O–H groups in total. The predicted octanol–water partition coefficient (Wildman–Crippen LogP) is 0.733. The summed E-state index contributed by atoms with van der Waals surface area (Å²) in [5.74, 6) is -2.07. The van der Waals surface area contributed by atoms with E-state index in [1.54, 1.807) is 35.8 Å². The number of nitrogens with two attached hydrogens (primary N) is 3. The Hall–Kier alpha value is -6.52. The second-order valence-electron chi connectivity index (χ2n) is 12.5. The van der Waals surface area contributed by atoms with E-state index in [9.17, 15) is 24.0 Å². The molecule has 2 aromatic carbocycles. The molecule has 17 nitrogen and oxygen atoms in total. The van der Waals surface area contributed by atoms with Gasteiger partial charge in [-0.2, -0.15) is 0 Å². The minimum absolute atomic E-state index is 0.0536. The molecule has 1 aliphatic heterocycles. The summed E-state index contributed by atoms with van der Waals surface area (Å²) in [6, 6.07) is 9.91. The molecule has 4 aromatic rings. The number of carbonyl (C=O) groups excluding carboxylic acids is 4. The van der Waals surface area contributed by atoms with Gasteiger partial charge in [0.15, 0.2) is 17.1 Å². The Morgan fingerprint density at radius 2 is 1.87 bits per heavy atom. The molecule has 0 unspecified atom stereocenters. The van der Waals surface area contributed by atoms with Gasteiger partial charge in [-0.15, -0.1) is 0 Å². The summed E-state index contributed by atoms with van der Waals surface area (Å²) < 4.78 is 7.80. The topological polar surface area (TPSA) is 264 Å². The summed E-state index contributed by atoms with van der Waals surface area (Å²) in [7, 11) is 0. The standard InChI is InChI=1S/C36H43N11O6/c1-3-47-18-26(31(49)30-32(47)43-20(2)17-42-30)34(51)44-23-10-11-28-25(16-23)33(50)40-14-12-29(48)46-27(15-21-6-8-22(37)9-7-21)35(52)45-24(19-53-28)5-4-13-41-36(38)39/h6-11,16-18,24,27H,3-5,12-15,19,37H2,1-2H3,(H,40,50)(H,44,51)(H,45,52)(H,46,48)(H4,38,39,41)/t24-,27-/m0/s1. The fourth-order valence-corrected chi connectivity index (χ4v) is 5.73. The number of anilines is 2. The van der Waals surface area contributed by atoms with Crippen molar-refractivity contribution in [3.05, 3.63) is 87.5 Å². The van der Waals surface area contributed by atoms with E-state index < -0.39 is 41.1 Å². The van der Waals surface area contributed by atoms with Gasteiger partial charge in [-0.05, 0) is 62.6 Å². The quantitative estimate of drug-likeness (QED) is 0.0547. The van der Waals surface area contributed by atoms with Gasteiger partial charge < -0.3 is 47.8 Å². The number of guanidine groups is 1. The largest absolute Gasteiger partial charge is 0.491 e. The lowest BCUT2D eigenvalue weighted by Gasteiger charge is -2.25. The van der Waals surface area contributed by atoms with E-state index in [4.69, 9.17) is 21.9 Å². The third-order valence-electron chi connectivity index (χ3n) is 8.46. The Morgan fingerprint density at radius 1 is 1.09 bits per heavy atom. The zero-order chi connectivity index (χ0) is 38.1. The smallest absolute Gasteiger partial charge is 0.261 e. The lowest BCUT2D eigenvalue weighted by molar-refractivity contribution is -0.129. The summed E-state index contributed by atoms with van der Waals surface area (Å²) in [5.41, 5.74) is 18.7. The van der Waals surface area contributed by atoms with Crippen molar-refractivity contribution in [2.24, 2.45) is 16.5 Å². The number of hydrogen-bond acceptors (Lipinski definition) is 10. The SMILES string of the molecule is CCn1cc(C(=O)Nc2ccc3c(c2)C(=O)NCCC(=O)N[C@@H](Cc2ccc(N)cc2)C(=O)N[C@@H](CCCN=C(N)N)CO3)c(=O)c2ncc(C)nc21. The van der Waals surface area contributed by atoms with E-state index in [1.165, 1.54) is 30.6 Å². The number of carbonyl (C=O) groups is 4. The maximum Gasteiger partial charge on any atom is 0.261 e. The number of ether oxygens (including phenoxy) is 1. The van der Waals surface area contributed by atoms with Crippen LogP contribution in [0.15, 0.2) is 64.6 Å². The van der Waals surface area contributed by atoms with E-state index in [0.717, 1.165) is 5.56 Å². The van der Waals surface area contributed by atoms with Crippen LogP contribution in [0.4, 0.5) is 11.4 Å². The van der Waals surface area contributed by atoms with Gasteiger partial charge in [0.2, 0.25) is 17.2 Å². The molecule has 278 valence electrons. The van der Waals surface area contributed by atoms with Gasteiger partial charge in [0.05, 0.1) is 17.3 Å². The Labute approximate surface area is 304 Å². The Balaban J connectivity index is 1.41. The first kappa shape index (κ1) is 37.7. The fourth-order valence-electron chi connectivity index (χ4n) is 5.73. The van der Waals surface area contributed by atoms with E-state index in [1.807, 2.05) is 6.92 Å². The van der Waals surface area contributed by atoms with Crippen LogP contribution < -0.4 is 48.6 Å². The summed E-state index contributed by atoms with van der Waals surface area (Å²) >= 11 is 0. The highest BCUT2D eigenvalue weighted by atomic mass is 16.5. The molecule has 2 atom stereocenters. The van der Waals surface area contributed by atoms with Gasteiger partial charge >= 0.3 is 0 Å². The van der Waals surface area contributed by atoms with E-state index >= 15 is 0 Å². The van der Waals surface area contributed by atoms with Gasteiger partial charge in [0.25, 0.3) is 11.8 Å². The third kappa shape index (κ3) is 9.84. The fraction of sp³-hybridized carbons (Fsp3) is 0.333. The van der Waals surface area contributed by atoms with Gasteiger partial charge in [-0.25, -0.2) is 9.97 Å². The van der Waals surface area contributed by atoms with Crippen LogP contribution in [-0.4, -0.2) is 75.9 Å². The Bertz CT molecular complexity index is 2090. The third-order valence-corrected chi connectivity index (χ3v) is 8.46. The summed E-state index contributed by atoms with van der Waals surface area (Å²) in [5, 5.41) is 11.2. The molecule has 3 heterocycles. The number of fused-ring (bicyclic) bond motifs is 2. The highest BCUT2D eigenvalue weighted by Gasteiger charge is 2.26. The molecular weight excluding hydrogens is 682 g/mol. The molecule has 0 radical (unpaired) electrons. The van der Waals surface area contributed by atoms with E-state index in [-0.39, 0.29) is 60.0 Å². The first-order valence-electron chi connectivity index (χ1n) is 17.1. The van der Waals surface area contributed by atoms with Crippen molar-refractivity contribution in [1.82, 2.24) is 30.5 Å². The molecule has 4 amide bonds. The molecule has 1 aliphatic rings. The van der Waals surface area contributed by atoms with Crippen LogP contribution in [0.2, 0.25) is 0 Å². The van der Waals surface area contributed by atoms with Gasteiger partial charge in [0, 0.05) is 56.2 Å². The predicted molar refractivity (Wildman–Crippen MR) is 199 cm³/mol. The first-order valence-corrected chi connectivity index (χ1v) is 17.1. The minimum atomic E-state index is -0.927. The number of nitrogens with one attached hydrogen (secondary N) is 4. The molecule has 53 heavy (non-hydrogen) atoms. The second-order valence-corrected chi connectivity index (χ2v) is 12.5. The number of rotatable bonds is 9. The van der Waals surface area contributed by atoms with Crippen LogP contribution >= 0.6 is 0 Å². The van der Waals surface area contributed by atoms with Crippen LogP contribution in [0.5, 0.6) is 5.75 Å². The number of amides is 4. The van der Waals surface area contributed by atoms with Crippen LogP contribution in [0, 0.1) is 6.92 Å². The molecule has 17 heteroatoms. The number of aryl methyl sites for hydroxylation is 2. The van der Waals surface area contributed by atoms with Gasteiger partial charge in [-0.1, -0.05) is 12.1 Å². The van der Waals surface area contributed by atoms with Crippen molar-refractivity contribution in [2.45, 2.75) is 58.2 Å². The number of aliphatic imine (C=N–C) groups is 1.